The number of hydrogen-bond acceptors (Lipinski definition) is 3. The number of nitrogens with zero attached hydrogens (tertiary/aromatic N) is 2. The molecule has 0 aromatic heterocycles. The molecule has 1 unspecified atom stereocenters. The number of carbonyl (C=O) groups is 1. The van der Waals surface area contributed by atoms with Crippen LogP contribution >= 0.6 is 0 Å². The molecule has 1 atom stereocenters. The molecule has 1 aliphatic rings. The number of fused-ring (bicyclic) bond motifs is 1. The third-order valence-electron chi connectivity index (χ3n) is 5.09. The van der Waals surface area contributed by atoms with Gasteiger partial charge in [0.2, 0.25) is 5.91 Å². The first-order chi connectivity index (χ1) is 12.0. The van der Waals surface area contributed by atoms with Crippen molar-refractivity contribution in [2.75, 3.05) is 20.6 Å². The molecule has 132 valence electrons. The number of benzene rings is 2. The fraction of sp³-hybridized carbons (Fsp3) is 0.381. The molecule has 0 radical (unpaired) electrons. The van der Waals surface area contributed by atoms with Gasteiger partial charge in [-0.3, -0.25) is 9.69 Å². The lowest BCUT2D eigenvalue weighted by Gasteiger charge is -2.36. The van der Waals surface area contributed by atoms with Crippen LogP contribution < -0.4 is 0 Å². The standard InChI is InChI=1S/C21H26N2O2/c1-22-14-18-6-4-3-5-17(18)13-19(22)15-23(2)21(25)12-9-16-7-10-20(24)11-8-16/h3-8,10-11,19,24H,9,12-15H2,1-2H3. The van der Waals surface area contributed by atoms with Gasteiger partial charge in [0, 0.05) is 32.6 Å². The van der Waals surface area contributed by atoms with Crippen LogP contribution in [0.25, 0.3) is 0 Å². The van der Waals surface area contributed by atoms with Crippen LogP contribution in [0.1, 0.15) is 23.1 Å². The number of hydrogen-bond donors (Lipinski definition) is 1. The number of carbonyl (C=O) groups excluding carboxylic acids is 1. The summed E-state index contributed by atoms with van der Waals surface area (Å²) < 4.78 is 0. The summed E-state index contributed by atoms with van der Waals surface area (Å²) in [7, 11) is 4.03. The molecule has 0 aliphatic carbocycles. The van der Waals surface area contributed by atoms with Crippen molar-refractivity contribution in [3.05, 3.63) is 65.2 Å². The molecule has 4 heteroatoms. The highest BCUT2D eigenvalue weighted by molar-refractivity contribution is 5.76. The van der Waals surface area contributed by atoms with Crippen LogP contribution in [-0.2, 0) is 24.2 Å². The highest BCUT2D eigenvalue weighted by atomic mass is 16.3. The lowest BCUT2D eigenvalue weighted by atomic mass is 9.94. The summed E-state index contributed by atoms with van der Waals surface area (Å²) in [6, 6.07) is 16.0. The van der Waals surface area contributed by atoms with Crippen LogP contribution in [0.2, 0.25) is 0 Å². The van der Waals surface area contributed by atoms with Gasteiger partial charge in [0.05, 0.1) is 0 Å². The summed E-state index contributed by atoms with van der Waals surface area (Å²) >= 11 is 0. The number of likely N-dealkylation sites (N-methyl/N-ethyl adjacent to an activating group) is 2. The van der Waals surface area contributed by atoms with Crippen LogP contribution in [0.15, 0.2) is 48.5 Å². The first-order valence-corrected chi connectivity index (χ1v) is 8.82. The molecular weight excluding hydrogens is 312 g/mol. The van der Waals surface area contributed by atoms with E-state index in [1.807, 2.05) is 24.1 Å². The van der Waals surface area contributed by atoms with E-state index in [-0.39, 0.29) is 11.7 Å². The number of aryl methyl sites for hydroxylation is 1. The Balaban J connectivity index is 1.53. The van der Waals surface area contributed by atoms with Gasteiger partial charge in [0.1, 0.15) is 5.75 Å². The predicted molar refractivity (Wildman–Crippen MR) is 99.5 cm³/mol. The molecule has 3 rings (SSSR count). The van der Waals surface area contributed by atoms with E-state index in [1.54, 1.807) is 12.1 Å². The Bertz CT molecular complexity index is 727. The van der Waals surface area contributed by atoms with Crippen LogP contribution in [0, 0.1) is 0 Å². The number of phenolic OH excluding ortho intramolecular Hbond substituents is 1. The lowest BCUT2D eigenvalue weighted by molar-refractivity contribution is -0.130. The maximum absolute atomic E-state index is 12.5. The summed E-state index contributed by atoms with van der Waals surface area (Å²) in [5.41, 5.74) is 3.86. The summed E-state index contributed by atoms with van der Waals surface area (Å²) in [5.74, 6) is 0.424. The Labute approximate surface area is 149 Å². The Morgan fingerprint density at radius 2 is 1.84 bits per heavy atom. The molecule has 1 aliphatic heterocycles. The zero-order chi connectivity index (χ0) is 17.8. The molecule has 0 fully saturated rings. The Morgan fingerprint density at radius 3 is 2.56 bits per heavy atom. The van der Waals surface area contributed by atoms with Crippen molar-refractivity contribution in [1.29, 1.82) is 0 Å². The van der Waals surface area contributed by atoms with Gasteiger partial charge in [0.25, 0.3) is 0 Å². The zero-order valence-electron chi connectivity index (χ0n) is 15.0. The number of rotatable bonds is 5. The van der Waals surface area contributed by atoms with Crippen LogP contribution in [0.4, 0.5) is 0 Å². The topological polar surface area (TPSA) is 43.8 Å². The lowest BCUT2D eigenvalue weighted by Crippen LogP contribution is -2.46. The van der Waals surface area contributed by atoms with Crippen molar-refractivity contribution in [1.82, 2.24) is 9.80 Å². The molecule has 0 saturated carbocycles. The van der Waals surface area contributed by atoms with E-state index in [0.717, 1.165) is 25.1 Å². The van der Waals surface area contributed by atoms with Gasteiger partial charge in [-0.15, -0.1) is 0 Å². The normalized spacial score (nSPS) is 17.1. The molecule has 1 heterocycles. The molecule has 1 amide bonds. The molecule has 4 nitrogen and oxygen atoms in total. The van der Waals surface area contributed by atoms with Crippen molar-refractivity contribution in [3.63, 3.8) is 0 Å². The fourth-order valence-corrected chi connectivity index (χ4v) is 3.44. The van der Waals surface area contributed by atoms with Gasteiger partial charge < -0.3 is 10.0 Å². The van der Waals surface area contributed by atoms with Gasteiger partial charge in [-0.1, -0.05) is 36.4 Å². The predicted octanol–water partition coefficient (Wildman–Crippen LogP) is 2.84. The molecule has 0 spiro atoms. The van der Waals surface area contributed by atoms with Crippen molar-refractivity contribution >= 4 is 5.91 Å². The summed E-state index contributed by atoms with van der Waals surface area (Å²) in [6.07, 6.45) is 2.18. The highest BCUT2D eigenvalue weighted by Gasteiger charge is 2.25. The van der Waals surface area contributed by atoms with Crippen molar-refractivity contribution in [2.45, 2.75) is 31.8 Å². The summed E-state index contributed by atoms with van der Waals surface area (Å²) in [4.78, 5) is 16.7. The first kappa shape index (κ1) is 17.5. The van der Waals surface area contributed by atoms with Gasteiger partial charge in [0.15, 0.2) is 0 Å². The van der Waals surface area contributed by atoms with Gasteiger partial charge in [-0.2, -0.15) is 0 Å². The maximum atomic E-state index is 12.5. The number of phenols is 1. The Kier molecular flexibility index (Phi) is 5.39. The monoisotopic (exact) mass is 338 g/mol. The smallest absolute Gasteiger partial charge is 0.222 e. The summed E-state index contributed by atoms with van der Waals surface area (Å²) in [6.45, 7) is 1.69. The van der Waals surface area contributed by atoms with Gasteiger partial charge >= 0.3 is 0 Å². The third kappa shape index (κ3) is 4.40. The first-order valence-electron chi connectivity index (χ1n) is 8.82. The van der Waals surface area contributed by atoms with E-state index in [1.165, 1.54) is 11.1 Å². The minimum Gasteiger partial charge on any atom is -0.508 e. The van der Waals surface area contributed by atoms with Gasteiger partial charge in [-0.25, -0.2) is 0 Å². The van der Waals surface area contributed by atoms with Crippen molar-refractivity contribution < 1.29 is 9.90 Å². The minimum atomic E-state index is 0.167. The average Bonchev–Trinajstić information content (AvgIpc) is 2.61. The SMILES string of the molecule is CN(CC1Cc2ccccc2CN1C)C(=O)CCc1ccc(O)cc1. The van der Waals surface area contributed by atoms with Crippen LogP contribution in [0.3, 0.4) is 0 Å². The Hall–Kier alpha value is -2.33. The third-order valence-corrected chi connectivity index (χ3v) is 5.09. The number of aromatic hydroxyl groups is 1. The average molecular weight is 338 g/mol. The zero-order valence-corrected chi connectivity index (χ0v) is 15.0. The van der Waals surface area contributed by atoms with Crippen molar-refractivity contribution in [2.24, 2.45) is 0 Å². The quantitative estimate of drug-likeness (QED) is 0.912. The van der Waals surface area contributed by atoms with E-state index in [4.69, 9.17) is 0 Å². The molecule has 2 aromatic rings. The molecular formula is C21H26N2O2. The molecule has 0 saturated heterocycles. The second-order valence-corrected chi connectivity index (χ2v) is 6.98. The van der Waals surface area contributed by atoms with Crippen molar-refractivity contribution in [3.8, 4) is 5.75 Å². The molecule has 2 aromatic carbocycles. The highest BCUT2D eigenvalue weighted by Crippen LogP contribution is 2.22. The maximum Gasteiger partial charge on any atom is 0.222 e. The second-order valence-electron chi connectivity index (χ2n) is 6.98. The molecule has 25 heavy (non-hydrogen) atoms. The Morgan fingerprint density at radius 1 is 1.16 bits per heavy atom. The minimum absolute atomic E-state index is 0.167. The van der Waals surface area contributed by atoms with E-state index < -0.39 is 0 Å². The van der Waals surface area contributed by atoms with E-state index in [0.29, 0.717) is 18.9 Å². The van der Waals surface area contributed by atoms with Crippen LogP contribution in [-0.4, -0.2) is 47.5 Å². The largest absolute Gasteiger partial charge is 0.508 e. The molecule has 0 bridgehead atoms. The van der Waals surface area contributed by atoms with Gasteiger partial charge in [-0.05, 0) is 48.7 Å². The fourth-order valence-electron chi connectivity index (χ4n) is 3.44. The van der Waals surface area contributed by atoms with E-state index >= 15 is 0 Å². The summed E-state index contributed by atoms with van der Waals surface area (Å²) in [5, 5.41) is 9.32. The number of amides is 1. The molecule has 1 N–H and O–H groups in total. The van der Waals surface area contributed by atoms with E-state index in [9.17, 15) is 9.90 Å². The second kappa shape index (κ2) is 7.70. The van der Waals surface area contributed by atoms with E-state index in [2.05, 4.69) is 36.2 Å². The van der Waals surface area contributed by atoms with Crippen LogP contribution in [0.5, 0.6) is 5.75 Å².